The summed E-state index contributed by atoms with van der Waals surface area (Å²) in [6.07, 6.45) is 3.31. The number of nitrogens with zero attached hydrogens (tertiary/aromatic N) is 1. The minimum Gasteiger partial charge on any atom is -0.351 e. The molecule has 23 heavy (non-hydrogen) atoms. The smallest absolute Gasteiger partial charge is 0.227 e. The van der Waals surface area contributed by atoms with Crippen molar-refractivity contribution in [2.24, 2.45) is 11.1 Å². The topological polar surface area (TPSA) is 68.0 Å². The highest BCUT2D eigenvalue weighted by molar-refractivity contribution is 5.85. The van der Waals surface area contributed by atoms with Crippen LogP contribution < -0.4 is 11.1 Å². The number of nitrogens with one attached hydrogen (secondary N) is 1. The third kappa shape index (κ3) is 4.80. The highest BCUT2D eigenvalue weighted by Crippen LogP contribution is 2.25. The van der Waals surface area contributed by atoms with E-state index < -0.39 is 5.41 Å². The molecule has 0 saturated carbocycles. The molecule has 0 radical (unpaired) electrons. The van der Waals surface area contributed by atoms with Gasteiger partial charge in [-0.2, -0.15) is 0 Å². The number of para-hydroxylation sites is 1. The van der Waals surface area contributed by atoms with Crippen molar-refractivity contribution in [3.63, 3.8) is 0 Å². The second-order valence-electron chi connectivity index (χ2n) is 5.41. The number of hydrogen-bond donors (Lipinski definition) is 2. The molecule has 2 aromatic rings. The molecule has 2 rings (SSSR count). The fraction of sp³-hybridized carbons (Fsp3) is 0.412. The minimum atomic E-state index is -0.454. The van der Waals surface area contributed by atoms with E-state index in [2.05, 4.69) is 16.4 Å². The zero-order valence-electron chi connectivity index (χ0n) is 13.5. The summed E-state index contributed by atoms with van der Waals surface area (Å²) in [5, 5.41) is 4.08. The van der Waals surface area contributed by atoms with Crippen LogP contribution in [0.3, 0.4) is 0 Å². The van der Waals surface area contributed by atoms with Gasteiger partial charge in [0.25, 0.3) is 0 Å². The summed E-state index contributed by atoms with van der Waals surface area (Å²) in [4.78, 5) is 16.8. The van der Waals surface area contributed by atoms with E-state index in [0.717, 1.165) is 29.3 Å². The third-order valence-electron chi connectivity index (χ3n) is 4.33. The van der Waals surface area contributed by atoms with E-state index in [9.17, 15) is 4.79 Å². The summed E-state index contributed by atoms with van der Waals surface area (Å²) >= 11 is 0. The van der Waals surface area contributed by atoms with Crippen molar-refractivity contribution in [3.05, 3.63) is 42.1 Å². The Bertz CT molecular complexity index is 622. The molecule has 1 amide bonds. The first-order valence-electron chi connectivity index (χ1n) is 7.47. The van der Waals surface area contributed by atoms with Crippen LogP contribution in [0.4, 0.5) is 0 Å². The van der Waals surface area contributed by atoms with Crippen molar-refractivity contribution in [2.45, 2.75) is 33.2 Å². The summed E-state index contributed by atoms with van der Waals surface area (Å²) < 4.78 is 0. The van der Waals surface area contributed by atoms with Crippen LogP contribution in [0.5, 0.6) is 0 Å². The number of nitrogens with two attached hydrogens (primary N) is 1. The fourth-order valence-electron chi connectivity index (χ4n) is 2.54. The second kappa shape index (κ2) is 9.71. The summed E-state index contributed by atoms with van der Waals surface area (Å²) in [5.74, 6) is 0.0307. The molecule has 0 aliphatic rings. The number of pyridine rings is 1. The van der Waals surface area contributed by atoms with Gasteiger partial charge in [0.05, 0.1) is 10.9 Å². The fourth-order valence-corrected chi connectivity index (χ4v) is 2.54. The highest BCUT2D eigenvalue weighted by atomic mass is 35.5. The Balaban J connectivity index is 0.00000242. The molecule has 0 saturated heterocycles. The van der Waals surface area contributed by atoms with E-state index in [-0.39, 0.29) is 30.7 Å². The molecule has 0 aliphatic heterocycles. The number of rotatable bonds is 6. The Morgan fingerprint density at radius 2 is 1.87 bits per heavy atom. The number of carbonyl (C=O) groups is 1. The SMILES string of the molecule is CCC(CC)(CN)C(=O)NCc1cnc2ccccc2c1.Cl.Cl. The molecule has 0 unspecified atom stereocenters. The molecule has 6 heteroatoms. The lowest BCUT2D eigenvalue weighted by Crippen LogP contribution is -2.45. The van der Waals surface area contributed by atoms with Gasteiger partial charge < -0.3 is 11.1 Å². The van der Waals surface area contributed by atoms with Gasteiger partial charge in [-0.3, -0.25) is 9.78 Å². The van der Waals surface area contributed by atoms with Crippen molar-refractivity contribution < 1.29 is 4.79 Å². The van der Waals surface area contributed by atoms with Gasteiger partial charge in [-0.1, -0.05) is 32.0 Å². The van der Waals surface area contributed by atoms with Crippen LogP contribution in [0, 0.1) is 5.41 Å². The molecule has 128 valence electrons. The van der Waals surface area contributed by atoms with Gasteiger partial charge in [-0.05, 0) is 30.5 Å². The van der Waals surface area contributed by atoms with Crippen LogP contribution in [0.2, 0.25) is 0 Å². The Kier molecular flexibility index (Phi) is 9.13. The molecule has 0 spiro atoms. The Morgan fingerprint density at radius 3 is 2.48 bits per heavy atom. The minimum absolute atomic E-state index is 0. The van der Waals surface area contributed by atoms with E-state index >= 15 is 0 Å². The maximum Gasteiger partial charge on any atom is 0.227 e. The molecule has 0 bridgehead atoms. The maximum atomic E-state index is 12.4. The molecule has 1 aromatic heterocycles. The number of benzene rings is 1. The Morgan fingerprint density at radius 1 is 1.22 bits per heavy atom. The predicted octanol–water partition coefficient (Wildman–Crippen LogP) is 3.46. The lowest BCUT2D eigenvalue weighted by Gasteiger charge is -2.28. The molecule has 1 heterocycles. The Hall–Kier alpha value is -1.36. The number of amides is 1. The van der Waals surface area contributed by atoms with E-state index in [4.69, 9.17) is 5.73 Å². The van der Waals surface area contributed by atoms with Crippen LogP contribution in [0.1, 0.15) is 32.3 Å². The summed E-state index contributed by atoms with van der Waals surface area (Å²) in [7, 11) is 0. The first kappa shape index (κ1) is 21.6. The van der Waals surface area contributed by atoms with Crippen molar-refractivity contribution >= 4 is 41.6 Å². The number of carbonyl (C=O) groups excluding carboxylic acids is 1. The average molecular weight is 358 g/mol. The van der Waals surface area contributed by atoms with Crippen LogP contribution in [-0.2, 0) is 11.3 Å². The molecular formula is C17H25Cl2N3O. The van der Waals surface area contributed by atoms with Gasteiger partial charge in [0.15, 0.2) is 0 Å². The summed E-state index contributed by atoms with van der Waals surface area (Å²) in [6, 6.07) is 10.0. The van der Waals surface area contributed by atoms with E-state index in [1.54, 1.807) is 0 Å². The van der Waals surface area contributed by atoms with Gasteiger partial charge in [0.2, 0.25) is 5.91 Å². The van der Waals surface area contributed by atoms with Gasteiger partial charge in [-0.15, -0.1) is 24.8 Å². The molecular weight excluding hydrogens is 333 g/mol. The van der Waals surface area contributed by atoms with Crippen LogP contribution >= 0.6 is 24.8 Å². The van der Waals surface area contributed by atoms with Crippen LogP contribution in [0.25, 0.3) is 10.9 Å². The molecule has 4 nitrogen and oxygen atoms in total. The number of fused-ring (bicyclic) bond motifs is 1. The molecule has 3 N–H and O–H groups in total. The summed E-state index contributed by atoms with van der Waals surface area (Å²) in [5.41, 5.74) is 7.31. The molecule has 1 aromatic carbocycles. The van der Waals surface area contributed by atoms with E-state index in [0.29, 0.717) is 13.1 Å². The van der Waals surface area contributed by atoms with Crippen molar-refractivity contribution in [1.82, 2.24) is 10.3 Å². The number of halogens is 2. The van der Waals surface area contributed by atoms with Crippen LogP contribution in [-0.4, -0.2) is 17.4 Å². The first-order chi connectivity index (χ1) is 10.1. The van der Waals surface area contributed by atoms with E-state index in [1.165, 1.54) is 0 Å². The highest BCUT2D eigenvalue weighted by Gasteiger charge is 2.32. The van der Waals surface area contributed by atoms with Crippen molar-refractivity contribution in [1.29, 1.82) is 0 Å². The average Bonchev–Trinajstić information content (AvgIpc) is 2.55. The Labute approximate surface area is 150 Å². The molecule has 0 aliphatic carbocycles. The summed E-state index contributed by atoms with van der Waals surface area (Å²) in [6.45, 7) is 4.88. The standard InChI is InChI=1S/C17H23N3O.2ClH/c1-3-17(4-2,12-18)16(21)20-11-13-9-14-7-5-6-8-15(14)19-10-13;;/h5-10H,3-4,11-12,18H2,1-2H3,(H,20,21);2*1H. The van der Waals surface area contributed by atoms with E-state index in [1.807, 2.05) is 44.3 Å². The third-order valence-corrected chi connectivity index (χ3v) is 4.33. The molecule has 0 fully saturated rings. The first-order valence-corrected chi connectivity index (χ1v) is 7.47. The van der Waals surface area contributed by atoms with Gasteiger partial charge in [-0.25, -0.2) is 0 Å². The zero-order valence-corrected chi connectivity index (χ0v) is 15.2. The largest absolute Gasteiger partial charge is 0.351 e. The maximum absolute atomic E-state index is 12.4. The van der Waals surface area contributed by atoms with Crippen molar-refractivity contribution in [3.8, 4) is 0 Å². The predicted molar refractivity (Wildman–Crippen MR) is 100 cm³/mol. The number of hydrogen-bond acceptors (Lipinski definition) is 3. The van der Waals surface area contributed by atoms with Gasteiger partial charge >= 0.3 is 0 Å². The van der Waals surface area contributed by atoms with Crippen molar-refractivity contribution in [2.75, 3.05) is 6.54 Å². The molecule has 0 atom stereocenters. The van der Waals surface area contributed by atoms with Gasteiger partial charge in [0.1, 0.15) is 0 Å². The zero-order chi connectivity index (χ0) is 15.3. The van der Waals surface area contributed by atoms with Gasteiger partial charge in [0, 0.05) is 24.7 Å². The lowest BCUT2D eigenvalue weighted by atomic mass is 9.81. The second-order valence-corrected chi connectivity index (χ2v) is 5.41. The normalized spacial score (nSPS) is 10.6. The number of aromatic nitrogens is 1. The lowest BCUT2D eigenvalue weighted by molar-refractivity contribution is -0.131. The monoisotopic (exact) mass is 357 g/mol. The van der Waals surface area contributed by atoms with Crippen LogP contribution in [0.15, 0.2) is 36.5 Å². The quantitative estimate of drug-likeness (QED) is 0.831.